The van der Waals surface area contributed by atoms with E-state index in [-0.39, 0.29) is 24.3 Å². The number of aromatic nitrogens is 3. The molecule has 0 aliphatic carbocycles. The van der Waals surface area contributed by atoms with Crippen LogP contribution in [0.25, 0.3) is 11.3 Å². The van der Waals surface area contributed by atoms with Crippen molar-refractivity contribution >= 4 is 34.1 Å². The van der Waals surface area contributed by atoms with Gasteiger partial charge >= 0.3 is 0 Å². The van der Waals surface area contributed by atoms with Crippen LogP contribution in [0, 0.1) is 11.6 Å². The quantitative estimate of drug-likeness (QED) is 0.246. The zero-order valence-electron chi connectivity index (χ0n) is 21.2. The third-order valence-corrected chi connectivity index (χ3v) is 7.27. The van der Waals surface area contributed by atoms with Crippen molar-refractivity contribution in [2.75, 3.05) is 23.1 Å². The molecule has 4 aromatic rings. The molecule has 3 heterocycles. The molecule has 5 rings (SSSR count). The number of nitrogens with one attached hydrogen (secondary N) is 3. The molecule has 1 saturated heterocycles. The molecule has 0 amide bonds. The maximum absolute atomic E-state index is 15.0. The summed E-state index contributed by atoms with van der Waals surface area (Å²) >= 11 is 0. The molecule has 1 unspecified atom stereocenters. The van der Waals surface area contributed by atoms with Gasteiger partial charge in [0.15, 0.2) is 17.4 Å². The molecule has 9 nitrogen and oxygen atoms in total. The molecule has 1 aliphatic heterocycles. The van der Waals surface area contributed by atoms with Crippen molar-refractivity contribution in [3.8, 4) is 22.9 Å². The van der Waals surface area contributed by atoms with Crippen molar-refractivity contribution in [2.24, 2.45) is 0 Å². The van der Waals surface area contributed by atoms with Crippen LogP contribution >= 0.6 is 12.4 Å². The zero-order valence-corrected chi connectivity index (χ0v) is 22.8. The van der Waals surface area contributed by atoms with E-state index >= 15 is 0 Å². The molecule has 2 aromatic carbocycles. The summed E-state index contributed by atoms with van der Waals surface area (Å²) in [6.07, 6.45) is 5.08. The summed E-state index contributed by atoms with van der Waals surface area (Å²) in [6.45, 7) is 1.78. The number of hydrogen-bond acceptors (Lipinski definition) is 8. The van der Waals surface area contributed by atoms with Gasteiger partial charge in [-0.15, -0.1) is 12.4 Å². The summed E-state index contributed by atoms with van der Waals surface area (Å²) < 4.78 is 62.6. The lowest BCUT2D eigenvalue weighted by Gasteiger charge is -2.23. The Labute approximate surface area is 236 Å². The largest absolute Gasteiger partial charge is 0.435 e. The first-order valence-electron chi connectivity index (χ1n) is 12.3. The van der Waals surface area contributed by atoms with Gasteiger partial charge in [0.05, 0.1) is 22.7 Å². The minimum absolute atomic E-state index is 0. The van der Waals surface area contributed by atoms with Gasteiger partial charge in [-0.1, -0.05) is 30.3 Å². The van der Waals surface area contributed by atoms with Crippen LogP contribution in [0.5, 0.6) is 11.6 Å². The van der Waals surface area contributed by atoms with Crippen LogP contribution in [-0.2, 0) is 15.8 Å². The van der Waals surface area contributed by atoms with Crippen molar-refractivity contribution in [3.05, 3.63) is 90.3 Å². The molecule has 2 aromatic heterocycles. The maximum Gasteiger partial charge on any atom is 0.237 e. The Morgan fingerprint density at radius 1 is 1.00 bits per heavy atom. The molecule has 0 bridgehead atoms. The number of benzene rings is 2. The van der Waals surface area contributed by atoms with E-state index in [0.717, 1.165) is 38.1 Å². The van der Waals surface area contributed by atoms with Gasteiger partial charge in [0.25, 0.3) is 0 Å². The zero-order chi connectivity index (χ0) is 27.2. The molecule has 210 valence electrons. The standard InChI is InChI=1S/C27H26F2N6O3S.ClH/c28-21-15-25(22(29)14-24(21)35-39(36,37)17-18-6-2-1-3-7-18)38-26-20(9-5-12-31-26)23-10-13-32-27(34-23)33-19-8-4-11-30-16-19;/h1-3,5-7,9-10,12-15,19,30,35H,4,8,11,16-17H2,(H,32,33,34);1H. The average molecular weight is 589 g/mol. The summed E-state index contributed by atoms with van der Waals surface area (Å²) in [6, 6.07) is 15.1. The van der Waals surface area contributed by atoms with E-state index in [9.17, 15) is 17.2 Å². The van der Waals surface area contributed by atoms with Gasteiger partial charge in [0, 0.05) is 37.1 Å². The number of hydrogen-bond donors (Lipinski definition) is 3. The maximum atomic E-state index is 15.0. The Morgan fingerprint density at radius 3 is 2.60 bits per heavy atom. The predicted octanol–water partition coefficient (Wildman–Crippen LogP) is 5.14. The molecule has 40 heavy (non-hydrogen) atoms. The van der Waals surface area contributed by atoms with Crippen molar-refractivity contribution in [3.63, 3.8) is 0 Å². The molecule has 0 spiro atoms. The summed E-state index contributed by atoms with van der Waals surface area (Å²) in [5.41, 5.74) is 0.899. The van der Waals surface area contributed by atoms with Crippen LogP contribution in [0.1, 0.15) is 18.4 Å². The molecule has 13 heteroatoms. The van der Waals surface area contributed by atoms with Crippen molar-refractivity contribution in [2.45, 2.75) is 24.6 Å². The molecule has 0 saturated carbocycles. The van der Waals surface area contributed by atoms with E-state index in [4.69, 9.17) is 4.74 Å². The van der Waals surface area contributed by atoms with Gasteiger partial charge in [-0.05, 0) is 43.1 Å². The fraction of sp³-hybridized carbons (Fsp3) is 0.222. The average Bonchev–Trinajstić information content (AvgIpc) is 2.93. The lowest BCUT2D eigenvalue weighted by molar-refractivity contribution is 0.424. The highest BCUT2D eigenvalue weighted by atomic mass is 35.5. The number of nitrogens with zero attached hydrogens (tertiary/aromatic N) is 3. The van der Waals surface area contributed by atoms with Crippen LogP contribution in [0.2, 0.25) is 0 Å². The summed E-state index contributed by atoms with van der Waals surface area (Å²) in [4.78, 5) is 13.0. The lowest BCUT2D eigenvalue weighted by Crippen LogP contribution is -2.38. The first-order chi connectivity index (χ1) is 18.9. The normalized spacial score (nSPS) is 15.1. The Kier molecular flexibility index (Phi) is 9.46. The molecular weight excluding hydrogens is 562 g/mol. The van der Waals surface area contributed by atoms with E-state index in [0.29, 0.717) is 22.8 Å². The Morgan fingerprint density at radius 2 is 1.82 bits per heavy atom. The fourth-order valence-corrected chi connectivity index (χ4v) is 5.38. The number of halogens is 3. The summed E-state index contributed by atoms with van der Waals surface area (Å²) in [7, 11) is -3.99. The minimum atomic E-state index is -3.99. The van der Waals surface area contributed by atoms with Crippen molar-refractivity contribution in [1.82, 2.24) is 20.3 Å². The van der Waals surface area contributed by atoms with E-state index in [1.54, 1.807) is 54.7 Å². The number of sulfonamides is 1. The van der Waals surface area contributed by atoms with Gasteiger partial charge in [0.2, 0.25) is 21.9 Å². The van der Waals surface area contributed by atoms with Crippen LogP contribution in [-0.4, -0.2) is 42.5 Å². The van der Waals surface area contributed by atoms with E-state index in [1.165, 1.54) is 6.20 Å². The first kappa shape index (κ1) is 29.1. The van der Waals surface area contributed by atoms with Gasteiger partial charge < -0.3 is 15.4 Å². The highest BCUT2D eigenvalue weighted by Crippen LogP contribution is 2.34. The topological polar surface area (TPSA) is 118 Å². The van der Waals surface area contributed by atoms with Crippen LogP contribution < -0.4 is 20.1 Å². The van der Waals surface area contributed by atoms with Gasteiger partial charge in [0.1, 0.15) is 0 Å². The minimum Gasteiger partial charge on any atom is -0.435 e. The van der Waals surface area contributed by atoms with Crippen LogP contribution in [0.3, 0.4) is 0 Å². The van der Waals surface area contributed by atoms with E-state index in [1.807, 2.05) is 0 Å². The number of piperidine rings is 1. The Balaban J connectivity index is 0.00000370. The molecule has 0 radical (unpaired) electrons. The predicted molar refractivity (Wildman–Crippen MR) is 151 cm³/mol. The highest BCUT2D eigenvalue weighted by molar-refractivity contribution is 7.91. The third-order valence-electron chi connectivity index (χ3n) is 6.03. The second kappa shape index (κ2) is 13.0. The van der Waals surface area contributed by atoms with E-state index in [2.05, 4.69) is 30.3 Å². The second-order valence-electron chi connectivity index (χ2n) is 9.02. The van der Waals surface area contributed by atoms with Crippen molar-refractivity contribution < 1.29 is 21.9 Å². The van der Waals surface area contributed by atoms with Crippen LogP contribution in [0.4, 0.5) is 20.4 Å². The SMILES string of the molecule is Cl.O=S(=O)(Cc1ccccc1)Nc1cc(F)c(Oc2ncccc2-c2ccnc(NC3CCCNC3)n2)cc1F. The lowest BCUT2D eigenvalue weighted by atomic mass is 10.1. The monoisotopic (exact) mass is 588 g/mol. The highest BCUT2D eigenvalue weighted by Gasteiger charge is 2.20. The van der Waals surface area contributed by atoms with Gasteiger partial charge in [-0.25, -0.2) is 32.2 Å². The molecule has 1 fully saturated rings. The van der Waals surface area contributed by atoms with Gasteiger partial charge in [-0.2, -0.15) is 0 Å². The second-order valence-corrected chi connectivity index (χ2v) is 10.7. The number of ether oxygens (including phenoxy) is 1. The van der Waals surface area contributed by atoms with Crippen molar-refractivity contribution in [1.29, 1.82) is 0 Å². The van der Waals surface area contributed by atoms with Crippen LogP contribution in [0.15, 0.2) is 73.1 Å². The fourth-order valence-electron chi connectivity index (χ4n) is 4.19. The van der Waals surface area contributed by atoms with E-state index < -0.39 is 38.8 Å². The Bertz CT molecular complexity index is 1560. The Hall–Kier alpha value is -3.87. The molecular formula is C27H27ClF2N6O3S. The number of anilines is 2. The summed E-state index contributed by atoms with van der Waals surface area (Å²) in [5.74, 6) is -2.40. The summed E-state index contributed by atoms with van der Waals surface area (Å²) in [5, 5.41) is 6.63. The molecule has 1 atom stereocenters. The number of rotatable bonds is 9. The third kappa shape index (κ3) is 7.40. The smallest absolute Gasteiger partial charge is 0.237 e. The first-order valence-corrected chi connectivity index (χ1v) is 14.0. The molecule has 1 aliphatic rings. The van der Waals surface area contributed by atoms with Gasteiger partial charge in [-0.3, -0.25) is 4.72 Å². The number of pyridine rings is 1. The molecule has 3 N–H and O–H groups in total.